The van der Waals surface area contributed by atoms with E-state index in [1.54, 1.807) is 0 Å². The molecular weight excluding hydrogens is 184 g/mol. The summed E-state index contributed by atoms with van der Waals surface area (Å²) in [6.45, 7) is 6.65. The van der Waals surface area contributed by atoms with E-state index in [-0.39, 0.29) is 6.61 Å². The minimum Gasteiger partial charge on any atom is -0.392 e. The number of unbranched alkanes of at least 4 members (excludes halogenated alkanes) is 3. The van der Waals surface area contributed by atoms with Crippen LogP contribution < -0.4 is 0 Å². The molecular formula is C14H26O. The fourth-order valence-corrected chi connectivity index (χ4v) is 1.28. The van der Waals surface area contributed by atoms with E-state index in [2.05, 4.69) is 32.1 Å². The van der Waals surface area contributed by atoms with Gasteiger partial charge in [0.25, 0.3) is 0 Å². The molecule has 0 fully saturated rings. The highest BCUT2D eigenvalue weighted by Gasteiger charge is 1.90. The molecule has 0 aromatic carbocycles. The molecule has 0 heterocycles. The number of aliphatic hydroxyl groups excluding tert-OH is 1. The summed E-state index contributed by atoms with van der Waals surface area (Å²) in [4.78, 5) is 0. The van der Waals surface area contributed by atoms with Gasteiger partial charge in [0.05, 0.1) is 6.61 Å². The summed E-state index contributed by atoms with van der Waals surface area (Å²) in [5.74, 6) is 0.724. The normalized spacial score (nSPS) is 14.8. The third-order valence-corrected chi connectivity index (χ3v) is 2.68. The van der Waals surface area contributed by atoms with Gasteiger partial charge in [-0.05, 0) is 38.5 Å². The van der Waals surface area contributed by atoms with Crippen molar-refractivity contribution in [1.29, 1.82) is 0 Å². The fraction of sp³-hybridized carbons (Fsp3) is 0.714. The molecule has 1 heteroatoms. The van der Waals surface area contributed by atoms with E-state index in [0.717, 1.165) is 17.9 Å². The topological polar surface area (TPSA) is 20.2 Å². The maximum atomic E-state index is 8.78. The van der Waals surface area contributed by atoms with Crippen LogP contribution >= 0.6 is 0 Å². The molecule has 0 rings (SSSR count). The van der Waals surface area contributed by atoms with Crippen LogP contribution in [0.15, 0.2) is 23.8 Å². The van der Waals surface area contributed by atoms with Gasteiger partial charge < -0.3 is 5.11 Å². The monoisotopic (exact) mass is 210 g/mol. The van der Waals surface area contributed by atoms with Gasteiger partial charge in [0.2, 0.25) is 0 Å². The van der Waals surface area contributed by atoms with Crippen molar-refractivity contribution in [2.75, 3.05) is 6.61 Å². The lowest BCUT2D eigenvalue weighted by Crippen LogP contribution is -1.85. The molecule has 0 aromatic heterocycles. The number of hydrogen-bond donors (Lipinski definition) is 1. The first kappa shape index (κ1) is 14.4. The van der Waals surface area contributed by atoms with Crippen molar-refractivity contribution in [3.63, 3.8) is 0 Å². The van der Waals surface area contributed by atoms with Crippen LogP contribution in [-0.4, -0.2) is 11.7 Å². The Morgan fingerprint density at radius 1 is 1.27 bits per heavy atom. The number of rotatable bonds is 8. The van der Waals surface area contributed by atoms with Crippen molar-refractivity contribution < 1.29 is 5.11 Å². The van der Waals surface area contributed by atoms with E-state index in [1.165, 1.54) is 25.7 Å². The Labute approximate surface area is 94.9 Å². The molecule has 0 aliphatic heterocycles. The Hall–Kier alpha value is -0.560. The van der Waals surface area contributed by atoms with Crippen LogP contribution in [0, 0.1) is 5.92 Å². The zero-order valence-corrected chi connectivity index (χ0v) is 10.5. The van der Waals surface area contributed by atoms with Gasteiger partial charge >= 0.3 is 0 Å². The number of allylic oxidation sites excluding steroid dienone is 3. The van der Waals surface area contributed by atoms with Crippen LogP contribution in [0.2, 0.25) is 0 Å². The quantitative estimate of drug-likeness (QED) is 0.472. The van der Waals surface area contributed by atoms with Crippen molar-refractivity contribution in [3.05, 3.63) is 23.8 Å². The predicted molar refractivity (Wildman–Crippen MR) is 67.9 cm³/mol. The van der Waals surface area contributed by atoms with Crippen LogP contribution in [0.5, 0.6) is 0 Å². The predicted octanol–water partition coefficient (Wildman–Crippen LogP) is 4.09. The molecule has 0 spiro atoms. The summed E-state index contributed by atoms with van der Waals surface area (Å²) < 4.78 is 0. The van der Waals surface area contributed by atoms with Crippen molar-refractivity contribution in [1.82, 2.24) is 0 Å². The second-order valence-electron chi connectivity index (χ2n) is 4.31. The second kappa shape index (κ2) is 9.97. The zero-order valence-electron chi connectivity index (χ0n) is 10.5. The number of hydrogen-bond acceptors (Lipinski definition) is 1. The Morgan fingerprint density at radius 3 is 2.53 bits per heavy atom. The van der Waals surface area contributed by atoms with Gasteiger partial charge in [0, 0.05) is 0 Å². The molecule has 0 aromatic rings. The minimum atomic E-state index is 0.202. The van der Waals surface area contributed by atoms with E-state index in [1.807, 2.05) is 6.92 Å². The number of aliphatic hydroxyl groups is 1. The lowest BCUT2D eigenvalue weighted by atomic mass is 10.1. The summed E-state index contributed by atoms with van der Waals surface area (Å²) in [5, 5.41) is 8.78. The third-order valence-electron chi connectivity index (χ3n) is 2.68. The molecule has 0 saturated carbocycles. The average molecular weight is 210 g/mol. The minimum absolute atomic E-state index is 0.202. The van der Waals surface area contributed by atoms with E-state index in [4.69, 9.17) is 5.11 Å². The van der Waals surface area contributed by atoms with Crippen LogP contribution in [0.1, 0.15) is 52.9 Å². The summed E-state index contributed by atoms with van der Waals surface area (Å²) in [7, 11) is 0. The Balaban J connectivity index is 3.36. The summed E-state index contributed by atoms with van der Waals surface area (Å²) >= 11 is 0. The van der Waals surface area contributed by atoms with Gasteiger partial charge in [0.1, 0.15) is 0 Å². The molecule has 1 N–H and O–H groups in total. The van der Waals surface area contributed by atoms with Gasteiger partial charge in [-0.3, -0.25) is 0 Å². The molecule has 88 valence electrons. The lowest BCUT2D eigenvalue weighted by molar-refractivity contribution is 0.331. The van der Waals surface area contributed by atoms with Crippen molar-refractivity contribution in [2.45, 2.75) is 52.9 Å². The molecule has 0 radical (unpaired) electrons. The molecule has 0 bridgehead atoms. The Bertz CT molecular complexity index is 192. The third kappa shape index (κ3) is 9.74. The van der Waals surface area contributed by atoms with Gasteiger partial charge in [-0.15, -0.1) is 0 Å². The highest BCUT2D eigenvalue weighted by molar-refractivity contribution is 4.97. The van der Waals surface area contributed by atoms with Crippen LogP contribution in [0.25, 0.3) is 0 Å². The van der Waals surface area contributed by atoms with Gasteiger partial charge in [0.15, 0.2) is 0 Å². The molecule has 15 heavy (non-hydrogen) atoms. The van der Waals surface area contributed by atoms with Crippen molar-refractivity contribution in [2.24, 2.45) is 5.92 Å². The van der Waals surface area contributed by atoms with E-state index in [9.17, 15) is 0 Å². The SMILES string of the molecule is CCC(C)/C=C/CCCC/C=C(\C)CO. The maximum absolute atomic E-state index is 8.78. The summed E-state index contributed by atoms with van der Waals surface area (Å²) in [6.07, 6.45) is 12.8. The molecule has 1 atom stereocenters. The molecule has 1 nitrogen and oxygen atoms in total. The molecule has 0 saturated heterocycles. The second-order valence-corrected chi connectivity index (χ2v) is 4.31. The Morgan fingerprint density at radius 2 is 1.93 bits per heavy atom. The van der Waals surface area contributed by atoms with Crippen LogP contribution in [0.4, 0.5) is 0 Å². The standard InChI is InChI=1S/C14H26O/c1-4-13(2)10-8-6-5-7-9-11-14(3)12-15/h8,10-11,13,15H,4-7,9,12H2,1-3H3/b10-8+,14-11+. The van der Waals surface area contributed by atoms with Crippen molar-refractivity contribution in [3.8, 4) is 0 Å². The van der Waals surface area contributed by atoms with E-state index < -0.39 is 0 Å². The highest BCUT2D eigenvalue weighted by Crippen LogP contribution is 2.07. The van der Waals surface area contributed by atoms with Gasteiger partial charge in [-0.1, -0.05) is 44.1 Å². The van der Waals surface area contributed by atoms with Gasteiger partial charge in [-0.2, -0.15) is 0 Å². The summed E-state index contributed by atoms with van der Waals surface area (Å²) in [6, 6.07) is 0. The Kier molecular flexibility index (Phi) is 9.60. The largest absolute Gasteiger partial charge is 0.392 e. The molecule has 1 unspecified atom stereocenters. The lowest BCUT2D eigenvalue weighted by Gasteiger charge is -1.99. The average Bonchev–Trinajstić information content (AvgIpc) is 2.26. The van der Waals surface area contributed by atoms with Gasteiger partial charge in [-0.25, -0.2) is 0 Å². The van der Waals surface area contributed by atoms with E-state index in [0.29, 0.717) is 0 Å². The molecule has 0 aliphatic rings. The van der Waals surface area contributed by atoms with Crippen LogP contribution in [-0.2, 0) is 0 Å². The van der Waals surface area contributed by atoms with Crippen LogP contribution in [0.3, 0.4) is 0 Å². The van der Waals surface area contributed by atoms with Crippen molar-refractivity contribution >= 4 is 0 Å². The molecule has 0 amide bonds. The smallest absolute Gasteiger partial charge is 0.0639 e. The first-order valence-electron chi connectivity index (χ1n) is 6.13. The maximum Gasteiger partial charge on any atom is 0.0639 e. The summed E-state index contributed by atoms with van der Waals surface area (Å²) in [5.41, 5.74) is 1.09. The fourth-order valence-electron chi connectivity index (χ4n) is 1.28. The first-order valence-corrected chi connectivity index (χ1v) is 6.13. The molecule has 0 aliphatic carbocycles. The van der Waals surface area contributed by atoms with E-state index >= 15 is 0 Å². The zero-order chi connectivity index (χ0) is 11.5. The first-order chi connectivity index (χ1) is 7.20. The highest BCUT2D eigenvalue weighted by atomic mass is 16.3.